The molecule has 0 atom stereocenters. The van der Waals surface area contributed by atoms with Crippen molar-refractivity contribution in [2.24, 2.45) is 0 Å². The van der Waals surface area contributed by atoms with Gasteiger partial charge in [-0.2, -0.15) is 0 Å². The Morgan fingerprint density at radius 1 is 1.25 bits per heavy atom. The van der Waals surface area contributed by atoms with E-state index in [0.717, 1.165) is 15.8 Å². The molecule has 0 radical (unpaired) electrons. The van der Waals surface area contributed by atoms with Gasteiger partial charge in [-0.15, -0.1) is 11.8 Å². The van der Waals surface area contributed by atoms with Crippen LogP contribution in [0.1, 0.15) is 11.1 Å². The number of aryl methyl sites for hydroxylation is 1. The fraction of sp³-hybridized carbons (Fsp3) is 0.278. The van der Waals surface area contributed by atoms with Crippen molar-refractivity contribution >= 4 is 45.2 Å². The molecule has 24 heavy (non-hydrogen) atoms. The molecule has 3 nitrogen and oxygen atoms in total. The van der Waals surface area contributed by atoms with Crippen LogP contribution < -0.4 is 10.1 Å². The predicted octanol–water partition coefficient (Wildman–Crippen LogP) is 4.84. The number of ether oxygens (including phenoxy) is 1. The maximum atomic E-state index is 11.8. The van der Waals surface area contributed by atoms with Gasteiger partial charge in [-0.05, 0) is 42.3 Å². The van der Waals surface area contributed by atoms with Crippen molar-refractivity contribution in [3.63, 3.8) is 0 Å². The van der Waals surface area contributed by atoms with Gasteiger partial charge in [-0.3, -0.25) is 4.79 Å². The van der Waals surface area contributed by atoms with Gasteiger partial charge in [-0.1, -0.05) is 45.7 Å². The molecule has 2 rings (SSSR count). The normalized spacial score (nSPS) is 10.5. The molecule has 0 aromatic heterocycles. The number of hydrogen-bond acceptors (Lipinski definition) is 3. The van der Waals surface area contributed by atoms with Crippen molar-refractivity contribution in [3.8, 4) is 5.75 Å². The molecule has 0 spiro atoms. The van der Waals surface area contributed by atoms with Crippen LogP contribution in [0.4, 0.5) is 0 Å². The molecule has 0 saturated carbocycles. The number of rotatable bonds is 8. The maximum absolute atomic E-state index is 11.8. The smallest absolute Gasteiger partial charge is 0.230 e. The zero-order valence-electron chi connectivity index (χ0n) is 13.4. The summed E-state index contributed by atoms with van der Waals surface area (Å²) in [6, 6.07) is 13.7. The Bertz CT molecular complexity index is 679. The lowest BCUT2D eigenvalue weighted by Crippen LogP contribution is -2.29. The van der Waals surface area contributed by atoms with E-state index in [-0.39, 0.29) is 5.91 Å². The van der Waals surface area contributed by atoms with Crippen LogP contribution >= 0.6 is 39.3 Å². The van der Waals surface area contributed by atoms with Gasteiger partial charge in [0.1, 0.15) is 12.4 Å². The third kappa shape index (κ3) is 6.75. The molecule has 6 heteroatoms. The lowest BCUT2D eigenvalue weighted by molar-refractivity contribution is -0.118. The van der Waals surface area contributed by atoms with Crippen molar-refractivity contribution in [2.75, 3.05) is 18.9 Å². The van der Waals surface area contributed by atoms with E-state index in [9.17, 15) is 4.79 Å². The first kappa shape index (κ1) is 19.2. The van der Waals surface area contributed by atoms with Gasteiger partial charge in [0, 0.05) is 15.2 Å². The number of amides is 1. The van der Waals surface area contributed by atoms with Crippen molar-refractivity contribution in [1.82, 2.24) is 5.32 Å². The highest BCUT2D eigenvalue weighted by Gasteiger charge is 2.03. The summed E-state index contributed by atoms with van der Waals surface area (Å²) in [5.41, 5.74) is 2.22. The first-order valence-electron chi connectivity index (χ1n) is 7.52. The molecule has 1 N–H and O–H groups in total. The summed E-state index contributed by atoms with van der Waals surface area (Å²) in [5, 5.41) is 3.53. The molecule has 2 aromatic rings. The molecule has 0 aliphatic carbocycles. The number of benzene rings is 2. The van der Waals surface area contributed by atoms with Crippen LogP contribution in [-0.4, -0.2) is 24.8 Å². The second kappa shape index (κ2) is 9.97. The molecule has 0 aliphatic heterocycles. The maximum Gasteiger partial charge on any atom is 0.230 e. The largest absolute Gasteiger partial charge is 0.492 e. The Hall–Kier alpha value is -1.17. The molecule has 2 aromatic carbocycles. The molecule has 0 saturated heterocycles. The first-order chi connectivity index (χ1) is 11.5. The fourth-order valence-electron chi connectivity index (χ4n) is 1.92. The summed E-state index contributed by atoms with van der Waals surface area (Å²) < 4.78 is 6.63. The second-order valence-electron chi connectivity index (χ2n) is 5.23. The predicted molar refractivity (Wildman–Crippen MR) is 105 cm³/mol. The first-order valence-corrected chi connectivity index (χ1v) is 9.85. The highest BCUT2D eigenvalue weighted by Crippen LogP contribution is 2.21. The monoisotopic (exact) mass is 427 g/mol. The SMILES string of the molecule is Cc1ccc(OCCNC(=O)CSCc2ccc(Br)cc2)cc1Cl. The standard InChI is InChI=1S/C18H19BrClNO2S/c1-13-2-7-16(10-17(13)20)23-9-8-21-18(22)12-24-11-14-3-5-15(19)6-4-14/h2-7,10H,8-9,11-12H2,1H3,(H,21,22). The summed E-state index contributed by atoms with van der Waals surface area (Å²) in [6.07, 6.45) is 0. The molecule has 128 valence electrons. The van der Waals surface area contributed by atoms with E-state index in [0.29, 0.717) is 29.7 Å². The highest BCUT2D eigenvalue weighted by atomic mass is 79.9. The summed E-state index contributed by atoms with van der Waals surface area (Å²) in [6.45, 7) is 2.84. The van der Waals surface area contributed by atoms with E-state index in [1.807, 2.05) is 31.2 Å². The van der Waals surface area contributed by atoms with Crippen molar-refractivity contribution in [2.45, 2.75) is 12.7 Å². The van der Waals surface area contributed by atoms with Crippen molar-refractivity contribution in [3.05, 3.63) is 63.1 Å². The molecule has 0 bridgehead atoms. The topological polar surface area (TPSA) is 38.3 Å². The lowest BCUT2D eigenvalue weighted by atomic mass is 10.2. The average molecular weight is 429 g/mol. The minimum Gasteiger partial charge on any atom is -0.492 e. The van der Waals surface area contributed by atoms with Gasteiger partial charge in [0.2, 0.25) is 5.91 Å². The number of nitrogens with one attached hydrogen (secondary N) is 1. The molecular formula is C18H19BrClNO2S. The Balaban J connectivity index is 1.59. The number of hydrogen-bond donors (Lipinski definition) is 1. The number of carbonyl (C=O) groups is 1. The van der Waals surface area contributed by atoms with Gasteiger partial charge in [0.05, 0.1) is 12.3 Å². The number of halogens is 2. The van der Waals surface area contributed by atoms with Crippen LogP contribution in [-0.2, 0) is 10.5 Å². The van der Waals surface area contributed by atoms with E-state index in [1.54, 1.807) is 17.8 Å². The van der Waals surface area contributed by atoms with Crippen LogP contribution in [0.2, 0.25) is 5.02 Å². The van der Waals surface area contributed by atoms with E-state index in [2.05, 4.69) is 33.4 Å². The van der Waals surface area contributed by atoms with Crippen LogP contribution in [0.3, 0.4) is 0 Å². The minimum atomic E-state index is 0.0163. The van der Waals surface area contributed by atoms with Gasteiger partial charge >= 0.3 is 0 Å². The Labute approximate surface area is 160 Å². The van der Waals surface area contributed by atoms with Gasteiger partial charge in [0.25, 0.3) is 0 Å². The summed E-state index contributed by atoms with van der Waals surface area (Å²) in [7, 11) is 0. The van der Waals surface area contributed by atoms with Crippen molar-refractivity contribution in [1.29, 1.82) is 0 Å². The molecule has 0 fully saturated rings. The molecule has 1 amide bonds. The molecule has 0 unspecified atom stereocenters. The quantitative estimate of drug-likeness (QED) is 0.611. The van der Waals surface area contributed by atoms with Crippen LogP contribution in [0.25, 0.3) is 0 Å². The average Bonchev–Trinajstić information content (AvgIpc) is 2.56. The number of carbonyl (C=O) groups excluding carboxylic acids is 1. The van der Waals surface area contributed by atoms with Gasteiger partial charge in [-0.25, -0.2) is 0 Å². The van der Waals surface area contributed by atoms with E-state index in [4.69, 9.17) is 16.3 Å². The Morgan fingerprint density at radius 2 is 2.00 bits per heavy atom. The van der Waals surface area contributed by atoms with E-state index in [1.165, 1.54) is 5.56 Å². The lowest BCUT2D eigenvalue weighted by Gasteiger charge is -2.09. The van der Waals surface area contributed by atoms with E-state index >= 15 is 0 Å². The van der Waals surface area contributed by atoms with Crippen LogP contribution in [0.5, 0.6) is 5.75 Å². The Kier molecular flexibility index (Phi) is 7.95. The van der Waals surface area contributed by atoms with Crippen molar-refractivity contribution < 1.29 is 9.53 Å². The molecular weight excluding hydrogens is 410 g/mol. The summed E-state index contributed by atoms with van der Waals surface area (Å²) >= 11 is 11.0. The summed E-state index contributed by atoms with van der Waals surface area (Å²) in [4.78, 5) is 11.8. The fourth-order valence-corrected chi connectivity index (χ4v) is 3.17. The van der Waals surface area contributed by atoms with E-state index < -0.39 is 0 Å². The zero-order valence-corrected chi connectivity index (χ0v) is 16.5. The second-order valence-corrected chi connectivity index (χ2v) is 7.54. The third-order valence-corrected chi connectivity index (χ3v) is 5.19. The summed E-state index contributed by atoms with van der Waals surface area (Å²) in [5.74, 6) is 1.98. The zero-order chi connectivity index (χ0) is 17.4. The highest BCUT2D eigenvalue weighted by molar-refractivity contribution is 9.10. The molecule has 0 heterocycles. The third-order valence-electron chi connectivity index (χ3n) is 3.25. The van der Waals surface area contributed by atoms with Gasteiger partial charge in [0.15, 0.2) is 0 Å². The molecule has 0 aliphatic rings. The van der Waals surface area contributed by atoms with Crippen LogP contribution in [0, 0.1) is 6.92 Å². The van der Waals surface area contributed by atoms with Gasteiger partial charge < -0.3 is 10.1 Å². The Morgan fingerprint density at radius 3 is 2.71 bits per heavy atom. The minimum absolute atomic E-state index is 0.0163. The number of thioether (sulfide) groups is 1. The van der Waals surface area contributed by atoms with Crippen LogP contribution in [0.15, 0.2) is 46.9 Å².